The van der Waals surface area contributed by atoms with Crippen molar-refractivity contribution in [1.29, 1.82) is 0 Å². The molecule has 2 aliphatic rings. The van der Waals surface area contributed by atoms with Gasteiger partial charge < -0.3 is 0 Å². The van der Waals surface area contributed by atoms with Gasteiger partial charge >= 0.3 is 0 Å². The van der Waals surface area contributed by atoms with Crippen LogP contribution in [0.15, 0.2) is 146 Å². The van der Waals surface area contributed by atoms with Crippen LogP contribution < -0.4 is 21.2 Å². The SMILES string of the molecule is c1ccc(P(c2ccccc2)C2CCC(c3ccc(C4CCCCC4)cc3)(P(c3ccccc3)c3ccccc3)C2)cc1. The summed E-state index contributed by atoms with van der Waals surface area (Å²) in [6, 6.07) is 55.9. The van der Waals surface area contributed by atoms with Crippen molar-refractivity contribution >= 4 is 37.1 Å². The molecule has 216 valence electrons. The van der Waals surface area contributed by atoms with Crippen molar-refractivity contribution in [1.82, 2.24) is 0 Å². The van der Waals surface area contributed by atoms with Gasteiger partial charge in [0, 0.05) is 5.16 Å². The number of hydrogen-bond acceptors (Lipinski definition) is 0. The summed E-state index contributed by atoms with van der Waals surface area (Å²) in [7, 11) is -1.09. The highest BCUT2D eigenvalue weighted by Crippen LogP contribution is 2.66. The maximum Gasteiger partial charge on any atom is 0.0241 e. The predicted octanol–water partition coefficient (Wildman–Crippen LogP) is 9.75. The number of benzene rings is 5. The van der Waals surface area contributed by atoms with Crippen molar-refractivity contribution in [3.63, 3.8) is 0 Å². The summed E-state index contributed by atoms with van der Waals surface area (Å²) in [6.45, 7) is 0. The summed E-state index contributed by atoms with van der Waals surface area (Å²) in [6.07, 6.45) is 10.6. The van der Waals surface area contributed by atoms with Crippen molar-refractivity contribution in [2.75, 3.05) is 0 Å². The van der Waals surface area contributed by atoms with E-state index in [0.29, 0.717) is 5.66 Å². The molecular weight excluding hydrogens is 554 g/mol. The van der Waals surface area contributed by atoms with E-state index in [2.05, 4.69) is 146 Å². The van der Waals surface area contributed by atoms with Crippen LogP contribution in [0.1, 0.15) is 68.4 Å². The zero-order chi connectivity index (χ0) is 28.9. The monoisotopic (exact) mass is 596 g/mol. The number of rotatable bonds is 8. The number of hydrogen-bond donors (Lipinski definition) is 0. The standard InChI is InChI=1S/C41H42P2/c1-6-16-33(17-7-1)34-26-28-35(29-27-34)41(43(38-22-12-4-13-23-38)39-24-14-5-15-25-39)31-30-40(32-41)42(36-18-8-2-9-19-36)37-20-10-3-11-21-37/h2-5,8-15,18-29,33,40H,1,6-7,16-17,30-32H2. The fourth-order valence-corrected chi connectivity index (χ4v) is 14.4. The maximum atomic E-state index is 2.56. The first kappa shape index (κ1) is 28.7. The Hall–Kier alpha value is -3.04. The van der Waals surface area contributed by atoms with Gasteiger partial charge in [0.1, 0.15) is 0 Å². The van der Waals surface area contributed by atoms with E-state index >= 15 is 0 Å². The van der Waals surface area contributed by atoms with Crippen LogP contribution in [0.3, 0.4) is 0 Å². The first-order chi connectivity index (χ1) is 21.3. The largest absolute Gasteiger partial charge is 0.0622 e. The highest BCUT2D eigenvalue weighted by Gasteiger charge is 2.49. The highest BCUT2D eigenvalue weighted by atomic mass is 31.1. The molecule has 0 nitrogen and oxygen atoms in total. The van der Waals surface area contributed by atoms with Crippen LogP contribution in [0.5, 0.6) is 0 Å². The molecule has 43 heavy (non-hydrogen) atoms. The Morgan fingerprint density at radius 1 is 0.465 bits per heavy atom. The van der Waals surface area contributed by atoms with E-state index in [4.69, 9.17) is 0 Å². The Labute approximate surface area is 261 Å². The summed E-state index contributed by atoms with van der Waals surface area (Å²) in [5, 5.41) is 6.13. The normalized spacial score (nSPS) is 20.9. The van der Waals surface area contributed by atoms with Gasteiger partial charge in [-0.15, -0.1) is 0 Å². The van der Waals surface area contributed by atoms with Gasteiger partial charge in [-0.3, -0.25) is 0 Å². The average Bonchev–Trinajstić information content (AvgIpc) is 3.52. The zero-order valence-corrected chi connectivity index (χ0v) is 26.9. The van der Waals surface area contributed by atoms with Crippen molar-refractivity contribution in [2.45, 2.75) is 68.1 Å². The second kappa shape index (κ2) is 13.3. The molecule has 5 aromatic rings. The Morgan fingerprint density at radius 3 is 1.42 bits per heavy atom. The minimum absolute atomic E-state index is 0.0952. The lowest BCUT2D eigenvalue weighted by Gasteiger charge is -2.41. The smallest absolute Gasteiger partial charge is 0.0241 e. The van der Waals surface area contributed by atoms with Gasteiger partial charge in [-0.25, -0.2) is 0 Å². The van der Waals surface area contributed by atoms with Gasteiger partial charge in [-0.1, -0.05) is 165 Å². The molecule has 0 aliphatic heterocycles. The van der Waals surface area contributed by atoms with E-state index in [1.165, 1.54) is 72.6 Å². The minimum atomic E-state index is -0.615. The van der Waals surface area contributed by atoms with E-state index in [-0.39, 0.29) is 5.16 Å². The van der Waals surface area contributed by atoms with Crippen LogP contribution in [-0.2, 0) is 5.16 Å². The third kappa shape index (κ3) is 6.03. The van der Waals surface area contributed by atoms with E-state index in [0.717, 1.165) is 5.92 Å². The third-order valence-electron chi connectivity index (χ3n) is 9.88. The topological polar surface area (TPSA) is 0 Å². The van der Waals surface area contributed by atoms with E-state index in [9.17, 15) is 0 Å². The lowest BCUT2D eigenvalue weighted by Crippen LogP contribution is -2.32. The molecule has 0 aromatic heterocycles. The van der Waals surface area contributed by atoms with E-state index in [1.54, 1.807) is 11.1 Å². The molecule has 2 fully saturated rings. The first-order valence-corrected chi connectivity index (χ1v) is 19.0. The molecule has 0 radical (unpaired) electrons. The van der Waals surface area contributed by atoms with Crippen LogP contribution in [0.25, 0.3) is 0 Å². The molecule has 7 rings (SSSR count). The predicted molar refractivity (Wildman–Crippen MR) is 190 cm³/mol. The summed E-state index contributed by atoms with van der Waals surface area (Å²) in [5.41, 5.74) is 3.76. The molecule has 2 unspecified atom stereocenters. The Kier molecular flexibility index (Phi) is 8.88. The van der Waals surface area contributed by atoms with Gasteiger partial charge in [0.15, 0.2) is 0 Å². The van der Waals surface area contributed by atoms with E-state index in [1.807, 2.05) is 0 Å². The Morgan fingerprint density at radius 2 is 0.930 bits per heavy atom. The molecular formula is C41H42P2. The maximum absolute atomic E-state index is 2.56. The molecule has 0 heterocycles. The van der Waals surface area contributed by atoms with Crippen LogP contribution in [0, 0.1) is 0 Å². The molecule has 2 aliphatic carbocycles. The molecule has 0 spiro atoms. The summed E-state index contributed by atoms with van der Waals surface area (Å²) in [5.74, 6) is 0.740. The quantitative estimate of drug-likeness (QED) is 0.157. The summed E-state index contributed by atoms with van der Waals surface area (Å²) in [4.78, 5) is 0. The van der Waals surface area contributed by atoms with Crippen molar-refractivity contribution < 1.29 is 0 Å². The third-order valence-corrected chi connectivity index (χ3v) is 15.9. The molecule has 2 atom stereocenters. The molecule has 0 bridgehead atoms. The van der Waals surface area contributed by atoms with Gasteiger partial charge in [0.2, 0.25) is 0 Å². The molecule has 2 saturated carbocycles. The van der Waals surface area contributed by atoms with Crippen LogP contribution in [0.2, 0.25) is 0 Å². The van der Waals surface area contributed by atoms with Gasteiger partial charge in [0.25, 0.3) is 0 Å². The average molecular weight is 597 g/mol. The van der Waals surface area contributed by atoms with Crippen molar-refractivity contribution in [3.8, 4) is 0 Å². The summed E-state index contributed by atoms with van der Waals surface area (Å²) >= 11 is 0. The van der Waals surface area contributed by atoms with Gasteiger partial charge in [0.05, 0.1) is 0 Å². The molecule has 5 aromatic carbocycles. The second-order valence-electron chi connectivity index (χ2n) is 12.4. The molecule has 2 heteroatoms. The second-order valence-corrected chi connectivity index (χ2v) is 17.5. The van der Waals surface area contributed by atoms with Crippen molar-refractivity contribution in [2.24, 2.45) is 0 Å². The fourth-order valence-electron chi connectivity index (χ4n) is 7.86. The van der Waals surface area contributed by atoms with Gasteiger partial charge in [-0.2, -0.15) is 0 Å². The van der Waals surface area contributed by atoms with E-state index < -0.39 is 15.8 Å². The Balaban J connectivity index is 1.35. The van der Waals surface area contributed by atoms with Gasteiger partial charge in [-0.05, 0) is 91.9 Å². The van der Waals surface area contributed by atoms with Crippen LogP contribution >= 0.6 is 15.8 Å². The van der Waals surface area contributed by atoms with Crippen LogP contribution in [-0.4, -0.2) is 5.66 Å². The zero-order valence-electron chi connectivity index (χ0n) is 25.1. The lowest BCUT2D eigenvalue weighted by molar-refractivity contribution is 0.443. The highest BCUT2D eigenvalue weighted by molar-refractivity contribution is 7.75. The molecule has 0 amide bonds. The summed E-state index contributed by atoms with van der Waals surface area (Å²) < 4.78 is 0. The minimum Gasteiger partial charge on any atom is -0.0622 e. The lowest BCUT2D eigenvalue weighted by atomic mass is 9.83. The fraction of sp³-hybridized carbons (Fsp3) is 0.268. The first-order valence-electron chi connectivity index (χ1n) is 16.2. The van der Waals surface area contributed by atoms with Crippen LogP contribution in [0.4, 0.5) is 0 Å². The molecule has 0 N–H and O–H groups in total. The molecule has 0 saturated heterocycles. The van der Waals surface area contributed by atoms with Crippen molar-refractivity contribution in [3.05, 3.63) is 157 Å². The Bertz CT molecular complexity index is 1480.